The van der Waals surface area contributed by atoms with Crippen LogP contribution >= 0.6 is 0 Å². The molecule has 2 aliphatic rings. The van der Waals surface area contributed by atoms with E-state index < -0.39 is 12.1 Å². The fourth-order valence-electron chi connectivity index (χ4n) is 4.14. The van der Waals surface area contributed by atoms with Crippen molar-refractivity contribution < 1.29 is 9.59 Å². The number of likely N-dealkylation sites (tertiary alicyclic amines) is 1. The minimum atomic E-state index is -0.458. The molecule has 1 saturated carbocycles. The van der Waals surface area contributed by atoms with E-state index in [-0.39, 0.29) is 17.9 Å². The van der Waals surface area contributed by atoms with Gasteiger partial charge in [-0.05, 0) is 55.7 Å². The highest BCUT2D eigenvalue weighted by Gasteiger charge is 2.41. The first kappa shape index (κ1) is 19.6. The van der Waals surface area contributed by atoms with Crippen LogP contribution in [0.5, 0.6) is 0 Å². The summed E-state index contributed by atoms with van der Waals surface area (Å²) in [6.07, 6.45) is 5.35. The topological polar surface area (TPSA) is 93.2 Å². The monoisotopic (exact) mass is 395 g/mol. The molecule has 3 N–H and O–H groups in total. The number of carbonyl (C=O) groups excluding carboxylic acids is 2. The van der Waals surface area contributed by atoms with Gasteiger partial charge in [0.25, 0.3) is 0 Å². The van der Waals surface area contributed by atoms with Gasteiger partial charge in [-0.2, -0.15) is 5.10 Å². The van der Waals surface area contributed by atoms with Crippen LogP contribution in [0.25, 0.3) is 11.3 Å². The van der Waals surface area contributed by atoms with Crippen LogP contribution in [-0.4, -0.2) is 45.1 Å². The van der Waals surface area contributed by atoms with Gasteiger partial charge < -0.3 is 16.0 Å². The Kier molecular flexibility index (Phi) is 5.41. The van der Waals surface area contributed by atoms with Crippen molar-refractivity contribution in [3.63, 3.8) is 0 Å². The minimum Gasteiger partial charge on any atom is -0.348 e. The molecule has 2 aromatic rings. The Morgan fingerprint density at radius 2 is 1.90 bits per heavy atom. The van der Waals surface area contributed by atoms with Crippen LogP contribution < -0.4 is 11.1 Å². The van der Waals surface area contributed by atoms with Crippen LogP contribution in [0.3, 0.4) is 0 Å². The van der Waals surface area contributed by atoms with E-state index in [0.717, 1.165) is 36.1 Å². The number of nitrogens with zero attached hydrogens (tertiary/aromatic N) is 3. The zero-order valence-corrected chi connectivity index (χ0v) is 17.0. The van der Waals surface area contributed by atoms with Gasteiger partial charge in [0.05, 0.1) is 17.8 Å². The van der Waals surface area contributed by atoms with E-state index in [1.165, 1.54) is 0 Å². The van der Waals surface area contributed by atoms with Gasteiger partial charge in [0, 0.05) is 19.8 Å². The molecule has 3 unspecified atom stereocenters. The van der Waals surface area contributed by atoms with Crippen LogP contribution in [0.4, 0.5) is 0 Å². The lowest BCUT2D eigenvalue weighted by atomic mass is 10.0. The van der Waals surface area contributed by atoms with Gasteiger partial charge in [-0.3, -0.25) is 14.3 Å². The third kappa shape index (κ3) is 4.05. The first-order chi connectivity index (χ1) is 14.0. The first-order valence-corrected chi connectivity index (χ1v) is 10.4. The second-order valence-electron chi connectivity index (χ2n) is 8.25. The van der Waals surface area contributed by atoms with Crippen LogP contribution in [0.1, 0.15) is 44.2 Å². The molecular formula is C22H29N5O2. The molecule has 1 aromatic heterocycles. The van der Waals surface area contributed by atoms with Gasteiger partial charge in [0.1, 0.15) is 6.04 Å². The Morgan fingerprint density at radius 1 is 1.17 bits per heavy atom. The smallest absolute Gasteiger partial charge is 0.243 e. The third-order valence-corrected chi connectivity index (χ3v) is 6.14. The molecule has 7 nitrogen and oxygen atoms in total. The number of aryl methyl sites for hydroxylation is 1. The maximum Gasteiger partial charge on any atom is 0.243 e. The average molecular weight is 396 g/mol. The molecule has 2 heterocycles. The molecule has 0 radical (unpaired) electrons. The molecule has 29 heavy (non-hydrogen) atoms. The molecule has 1 aliphatic heterocycles. The highest BCUT2D eigenvalue weighted by molar-refractivity contribution is 5.90. The lowest BCUT2D eigenvalue weighted by molar-refractivity contribution is -0.140. The summed E-state index contributed by atoms with van der Waals surface area (Å²) in [6, 6.07) is 9.07. The molecule has 1 aliphatic carbocycles. The standard InChI is InChI=1S/C22H29N5O2/c1-14(15-5-7-16(8-6-15)18-11-12-24-26(18)2)25-21(28)19-4-3-13-27(19)22(29)20(23)17-9-10-17/h5-8,11-12,14,17,19-20H,3-4,9-10,13,23H2,1-2H3,(H,25,28). The number of hydrogen-bond acceptors (Lipinski definition) is 4. The third-order valence-electron chi connectivity index (χ3n) is 6.14. The quantitative estimate of drug-likeness (QED) is 0.782. The number of aromatic nitrogens is 2. The van der Waals surface area contributed by atoms with E-state index in [2.05, 4.69) is 10.4 Å². The van der Waals surface area contributed by atoms with Crippen molar-refractivity contribution in [3.8, 4) is 11.3 Å². The summed E-state index contributed by atoms with van der Waals surface area (Å²) < 4.78 is 1.83. The van der Waals surface area contributed by atoms with Gasteiger partial charge in [0.15, 0.2) is 0 Å². The summed E-state index contributed by atoms with van der Waals surface area (Å²) in [4.78, 5) is 27.3. The summed E-state index contributed by atoms with van der Waals surface area (Å²) in [5.74, 6) is 0.129. The summed E-state index contributed by atoms with van der Waals surface area (Å²) in [7, 11) is 1.91. The lowest BCUT2D eigenvalue weighted by Gasteiger charge is -2.28. The van der Waals surface area contributed by atoms with Gasteiger partial charge in [-0.25, -0.2) is 0 Å². The van der Waals surface area contributed by atoms with E-state index >= 15 is 0 Å². The maximum atomic E-state index is 12.9. The predicted molar refractivity (Wildman–Crippen MR) is 111 cm³/mol. The van der Waals surface area contributed by atoms with Gasteiger partial charge in [0.2, 0.25) is 11.8 Å². The van der Waals surface area contributed by atoms with E-state index in [0.29, 0.717) is 18.9 Å². The van der Waals surface area contributed by atoms with Crippen molar-refractivity contribution in [2.45, 2.75) is 50.7 Å². The summed E-state index contributed by atoms with van der Waals surface area (Å²) >= 11 is 0. The van der Waals surface area contributed by atoms with Crippen LogP contribution in [0.15, 0.2) is 36.5 Å². The lowest BCUT2D eigenvalue weighted by Crippen LogP contribution is -2.52. The summed E-state index contributed by atoms with van der Waals surface area (Å²) in [5.41, 5.74) is 9.24. The minimum absolute atomic E-state index is 0.0710. The molecule has 3 atom stereocenters. The van der Waals surface area contributed by atoms with Crippen molar-refractivity contribution in [3.05, 3.63) is 42.1 Å². The van der Waals surface area contributed by atoms with Crippen LogP contribution in [0, 0.1) is 5.92 Å². The summed E-state index contributed by atoms with van der Waals surface area (Å²) in [5, 5.41) is 7.28. The van der Waals surface area contributed by atoms with Gasteiger partial charge in [-0.15, -0.1) is 0 Å². The largest absolute Gasteiger partial charge is 0.348 e. The number of nitrogens with two attached hydrogens (primary N) is 1. The second kappa shape index (κ2) is 7.99. The Labute approximate surface area is 171 Å². The highest BCUT2D eigenvalue weighted by atomic mass is 16.2. The van der Waals surface area contributed by atoms with E-state index in [1.807, 2.05) is 49.0 Å². The zero-order chi connectivity index (χ0) is 20.5. The average Bonchev–Trinajstić information content (AvgIpc) is 3.29. The van der Waals surface area contributed by atoms with Crippen molar-refractivity contribution in [2.24, 2.45) is 18.7 Å². The Bertz CT molecular complexity index is 887. The Balaban J connectivity index is 1.39. The van der Waals surface area contributed by atoms with Crippen LogP contribution in [0.2, 0.25) is 0 Å². The normalized spacial score (nSPS) is 21.1. The maximum absolute atomic E-state index is 12.9. The van der Waals surface area contributed by atoms with Crippen molar-refractivity contribution in [2.75, 3.05) is 6.54 Å². The summed E-state index contributed by atoms with van der Waals surface area (Å²) in [6.45, 7) is 2.58. The molecule has 1 saturated heterocycles. The highest BCUT2D eigenvalue weighted by Crippen LogP contribution is 2.33. The van der Waals surface area contributed by atoms with E-state index in [1.54, 1.807) is 11.1 Å². The molecule has 2 fully saturated rings. The molecule has 0 bridgehead atoms. The molecule has 7 heteroatoms. The first-order valence-electron chi connectivity index (χ1n) is 10.4. The fraction of sp³-hybridized carbons (Fsp3) is 0.500. The SMILES string of the molecule is CC(NC(=O)C1CCCN1C(=O)C(N)C1CC1)c1ccc(-c2ccnn2C)cc1. The van der Waals surface area contributed by atoms with E-state index in [9.17, 15) is 9.59 Å². The Hall–Kier alpha value is -2.67. The van der Waals surface area contributed by atoms with Crippen molar-refractivity contribution >= 4 is 11.8 Å². The number of hydrogen-bond donors (Lipinski definition) is 2. The second-order valence-corrected chi connectivity index (χ2v) is 8.25. The molecule has 4 rings (SSSR count). The molecular weight excluding hydrogens is 366 g/mol. The predicted octanol–water partition coefficient (Wildman–Crippen LogP) is 1.99. The number of carbonyl (C=O) groups is 2. The molecule has 1 aromatic carbocycles. The molecule has 154 valence electrons. The number of benzene rings is 1. The molecule has 0 spiro atoms. The fourth-order valence-corrected chi connectivity index (χ4v) is 4.14. The van der Waals surface area contributed by atoms with Crippen molar-refractivity contribution in [1.29, 1.82) is 0 Å². The van der Waals surface area contributed by atoms with Crippen LogP contribution in [-0.2, 0) is 16.6 Å². The van der Waals surface area contributed by atoms with E-state index in [4.69, 9.17) is 5.73 Å². The number of amides is 2. The van der Waals surface area contributed by atoms with Crippen molar-refractivity contribution in [1.82, 2.24) is 20.0 Å². The van der Waals surface area contributed by atoms with Gasteiger partial charge in [-0.1, -0.05) is 24.3 Å². The molecule has 2 amide bonds. The number of nitrogens with one attached hydrogen (secondary N) is 1. The zero-order valence-electron chi connectivity index (χ0n) is 17.0. The number of rotatable bonds is 6. The Morgan fingerprint density at radius 3 is 2.52 bits per heavy atom. The van der Waals surface area contributed by atoms with Gasteiger partial charge >= 0.3 is 0 Å².